The summed E-state index contributed by atoms with van der Waals surface area (Å²) >= 11 is 0. The number of nitrogens with two attached hydrogens (primary N) is 1. The minimum atomic E-state index is -0.529. The molecular formula is C12H22N2O. The van der Waals surface area contributed by atoms with Gasteiger partial charge in [0.25, 0.3) is 0 Å². The Hall–Kier alpha value is -0.570. The minimum Gasteiger partial charge on any atom is -0.354 e. The van der Waals surface area contributed by atoms with Crippen LogP contribution in [0.15, 0.2) is 0 Å². The number of hydrogen-bond donors (Lipinski definition) is 2. The fourth-order valence-corrected chi connectivity index (χ4v) is 2.56. The van der Waals surface area contributed by atoms with E-state index in [1.165, 1.54) is 25.7 Å². The van der Waals surface area contributed by atoms with Gasteiger partial charge in [-0.3, -0.25) is 4.79 Å². The average molecular weight is 210 g/mol. The summed E-state index contributed by atoms with van der Waals surface area (Å²) < 4.78 is 0. The standard InChI is InChI=1S/C12H22N2O/c1-2-11(5-3-6-11)9-14-10(15)12(13)7-4-8-12/h2-9,13H2,1H3,(H,14,15). The van der Waals surface area contributed by atoms with Crippen LogP contribution in [0.5, 0.6) is 0 Å². The van der Waals surface area contributed by atoms with E-state index in [1.807, 2.05) is 0 Å². The first kappa shape index (κ1) is 10.9. The number of nitrogens with one attached hydrogen (secondary N) is 1. The van der Waals surface area contributed by atoms with Gasteiger partial charge >= 0.3 is 0 Å². The molecule has 2 aliphatic rings. The Kier molecular flexibility index (Phi) is 2.75. The van der Waals surface area contributed by atoms with Gasteiger partial charge in [0.2, 0.25) is 5.91 Å². The van der Waals surface area contributed by atoms with Crippen molar-refractivity contribution in [3.63, 3.8) is 0 Å². The van der Waals surface area contributed by atoms with E-state index in [2.05, 4.69) is 12.2 Å². The lowest BCUT2D eigenvalue weighted by Gasteiger charge is -2.43. The first-order valence-corrected chi connectivity index (χ1v) is 6.17. The van der Waals surface area contributed by atoms with Crippen LogP contribution in [0.4, 0.5) is 0 Å². The van der Waals surface area contributed by atoms with E-state index in [0.29, 0.717) is 5.41 Å². The highest BCUT2D eigenvalue weighted by molar-refractivity contribution is 5.87. The molecule has 0 bridgehead atoms. The summed E-state index contributed by atoms with van der Waals surface area (Å²) in [5.41, 5.74) is 5.83. The number of carbonyl (C=O) groups excluding carboxylic acids is 1. The molecule has 0 aromatic rings. The van der Waals surface area contributed by atoms with Crippen LogP contribution in [0.2, 0.25) is 0 Å². The third kappa shape index (κ3) is 1.89. The fraction of sp³-hybridized carbons (Fsp3) is 0.917. The van der Waals surface area contributed by atoms with Crippen LogP contribution in [-0.4, -0.2) is 18.0 Å². The zero-order chi connectivity index (χ0) is 10.9. The zero-order valence-corrected chi connectivity index (χ0v) is 9.64. The lowest BCUT2D eigenvalue weighted by molar-refractivity contribution is -0.130. The Morgan fingerprint density at radius 2 is 1.87 bits per heavy atom. The highest BCUT2D eigenvalue weighted by Gasteiger charge is 2.42. The molecule has 86 valence electrons. The molecule has 0 atom stereocenters. The fourth-order valence-electron chi connectivity index (χ4n) is 2.56. The van der Waals surface area contributed by atoms with Crippen molar-refractivity contribution in [3.8, 4) is 0 Å². The van der Waals surface area contributed by atoms with Gasteiger partial charge in [-0.05, 0) is 43.9 Å². The summed E-state index contributed by atoms with van der Waals surface area (Å²) in [7, 11) is 0. The Morgan fingerprint density at radius 3 is 2.20 bits per heavy atom. The van der Waals surface area contributed by atoms with Crippen molar-refractivity contribution in [1.29, 1.82) is 0 Å². The zero-order valence-electron chi connectivity index (χ0n) is 9.64. The van der Waals surface area contributed by atoms with Crippen molar-refractivity contribution in [3.05, 3.63) is 0 Å². The number of amides is 1. The molecule has 0 saturated heterocycles. The van der Waals surface area contributed by atoms with E-state index < -0.39 is 5.54 Å². The first-order valence-electron chi connectivity index (χ1n) is 6.17. The molecule has 2 aliphatic carbocycles. The maximum atomic E-state index is 11.8. The molecule has 2 saturated carbocycles. The molecule has 0 radical (unpaired) electrons. The molecule has 15 heavy (non-hydrogen) atoms. The van der Waals surface area contributed by atoms with Crippen LogP contribution in [0.1, 0.15) is 51.9 Å². The van der Waals surface area contributed by atoms with E-state index in [9.17, 15) is 4.79 Å². The molecule has 0 unspecified atom stereocenters. The Balaban J connectivity index is 1.80. The van der Waals surface area contributed by atoms with Crippen LogP contribution in [0, 0.1) is 5.41 Å². The van der Waals surface area contributed by atoms with Crippen molar-refractivity contribution >= 4 is 5.91 Å². The molecule has 0 aromatic heterocycles. The Labute approximate surface area is 91.8 Å². The van der Waals surface area contributed by atoms with Gasteiger partial charge in [0, 0.05) is 6.54 Å². The Morgan fingerprint density at radius 1 is 1.27 bits per heavy atom. The molecule has 3 heteroatoms. The van der Waals surface area contributed by atoms with Crippen LogP contribution in [0.25, 0.3) is 0 Å². The summed E-state index contributed by atoms with van der Waals surface area (Å²) in [6.07, 6.45) is 7.84. The molecule has 2 fully saturated rings. The van der Waals surface area contributed by atoms with Crippen LogP contribution < -0.4 is 11.1 Å². The monoisotopic (exact) mass is 210 g/mol. The van der Waals surface area contributed by atoms with Gasteiger partial charge in [-0.1, -0.05) is 13.3 Å². The normalized spacial score (nSPS) is 26.3. The third-order valence-corrected chi connectivity index (χ3v) is 4.49. The van der Waals surface area contributed by atoms with Crippen molar-refractivity contribution in [2.45, 2.75) is 57.4 Å². The van der Waals surface area contributed by atoms with E-state index in [1.54, 1.807) is 0 Å². The van der Waals surface area contributed by atoms with Gasteiger partial charge in [-0.15, -0.1) is 0 Å². The van der Waals surface area contributed by atoms with Crippen molar-refractivity contribution in [2.75, 3.05) is 6.54 Å². The number of hydrogen-bond acceptors (Lipinski definition) is 2. The van der Waals surface area contributed by atoms with Crippen molar-refractivity contribution in [1.82, 2.24) is 5.32 Å². The number of rotatable bonds is 4. The first-order chi connectivity index (χ1) is 7.10. The van der Waals surface area contributed by atoms with Crippen molar-refractivity contribution in [2.24, 2.45) is 11.1 Å². The van der Waals surface area contributed by atoms with E-state index in [0.717, 1.165) is 25.8 Å². The van der Waals surface area contributed by atoms with E-state index in [4.69, 9.17) is 5.73 Å². The van der Waals surface area contributed by atoms with Gasteiger partial charge < -0.3 is 11.1 Å². The molecular weight excluding hydrogens is 188 g/mol. The molecule has 0 heterocycles. The summed E-state index contributed by atoms with van der Waals surface area (Å²) in [4.78, 5) is 11.8. The van der Waals surface area contributed by atoms with E-state index in [-0.39, 0.29) is 5.91 Å². The quantitative estimate of drug-likeness (QED) is 0.740. The van der Waals surface area contributed by atoms with E-state index >= 15 is 0 Å². The highest BCUT2D eigenvalue weighted by Crippen LogP contribution is 2.43. The molecule has 0 aromatic carbocycles. The maximum absolute atomic E-state index is 11.8. The molecule has 2 rings (SSSR count). The summed E-state index contributed by atoms with van der Waals surface area (Å²) in [5.74, 6) is 0.0773. The largest absolute Gasteiger partial charge is 0.354 e. The van der Waals surface area contributed by atoms with Gasteiger partial charge in [-0.25, -0.2) is 0 Å². The second-order valence-electron chi connectivity index (χ2n) is 5.40. The summed E-state index contributed by atoms with van der Waals surface area (Å²) in [5, 5.41) is 3.05. The lowest BCUT2D eigenvalue weighted by atomic mass is 9.67. The molecule has 3 N–H and O–H groups in total. The second kappa shape index (κ2) is 3.78. The predicted octanol–water partition coefficient (Wildman–Crippen LogP) is 1.56. The van der Waals surface area contributed by atoms with Gasteiger partial charge in [0.15, 0.2) is 0 Å². The molecule has 3 nitrogen and oxygen atoms in total. The van der Waals surface area contributed by atoms with Gasteiger partial charge in [-0.2, -0.15) is 0 Å². The Bertz CT molecular complexity index is 249. The predicted molar refractivity (Wildman–Crippen MR) is 60.4 cm³/mol. The smallest absolute Gasteiger partial charge is 0.240 e. The second-order valence-corrected chi connectivity index (χ2v) is 5.40. The van der Waals surface area contributed by atoms with Crippen LogP contribution >= 0.6 is 0 Å². The average Bonchev–Trinajstić information content (AvgIpc) is 2.13. The van der Waals surface area contributed by atoms with Crippen LogP contribution in [0.3, 0.4) is 0 Å². The summed E-state index contributed by atoms with van der Waals surface area (Å²) in [6, 6.07) is 0. The number of carbonyl (C=O) groups is 1. The van der Waals surface area contributed by atoms with Gasteiger partial charge in [0.1, 0.15) is 0 Å². The third-order valence-electron chi connectivity index (χ3n) is 4.49. The SMILES string of the molecule is CCC1(CNC(=O)C2(N)CCC2)CCC1. The highest BCUT2D eigenvalue weighted by atomic mass is 16.2. The topological polar surface area (TPSA) is 55.1 Å². The molecule has 1 amide bonds. The van der Waals surface area contributed by atoms with Crippen LogP contribution in [-0.2, 0) is 4.79 Å². The minimum absolute atomic E-state index is 0.0773. The lowest BCUT2D eigenvalue weighted by Crippen LogP contribution is -2.60. The van der Waals surface area contributed by atoms with Gasteiger partial charge in [0.05, 0.1) is 5.54 Å². The maximum Gasteiger partial charge on any atom is 0.240 e. The van der Waals surface area contributed by atoms with Crippen molar-refractivity contribution < 1.29 is 4.79 Å². The summed E-state index contributed by atoms with van der Waals surface area (Å²) in [6.45, 7) is 3.05. The molecule has 0 spiro atoms. The molecule has 0 aliphatic heterocycles.